The number of hydrogen-bond donors (Lipinski definition) is 1. The summed E-state index contributed by atoms with van der Waals surface area (Å²) in [4.78, 5) is 0. The number of nitrogens with one attached hydrogen (secondary N) is 1. The van der Waals surface area contributed by atoms with Gasteiger partial charge in [0, 0.05) is 6.04 Å². The summed E-state index contributed by atoms with van der Waals surface area (Å²) in [5.74, 6) is -0.0820. The molecule has 0 aromatic heterocycles. The first-order chi connectivity index (χ1) is 9.60. The van der Waals surface area contributed by atoms with E-state index in [1.165, 1.54) is 37.8 Å². The van der Waals surface area contributed by atoms with Crippen LogP contribution in [0.4, 0.5) is 8.78 Å². The number of halogens is 2. The summed E-state index contributed by atoms with van der Waals surface area (Å²) < 4.78 is 26.3. The summed E-state index contributed by atoms with van der Waals surface area (Å²) >= 11 is 0. The van der Waals surface area contributed by atoms with E-state index in [2.05, 4.69) is 19.2 Å². The van der Waals surface area contributed by atoms with Gasteiger partial charge in [-0.3, -0.25) is 0 Å². The Bertz CT molecular complexity index is 433. The Morgan fingerprint density at radius 3 is 2.70 bits per heavy atom. The molecule has 3 unspecified atom stereocenters. The van der Waals surface area contributed by atoms with Crippen molar-refractivity contribution >= 4 is 0 Å². The Hall–Kier alpha value is -0.960. The van der Waals surface area contributed by atoms with Crippen molar-refractivity contribution in [3.8, 4) is 0 Å². The number of hydrogen-bond acceptors (Lipinski definition) is 1. The Kier molecular flexibility index (Phi) is 5.53. The van der Waals surface area contributed by atoms with Crippen molar-refractivity contribution in [2.24, 2.45) is 11.8 Å². The summed E-state index contributed by atoms with van der Waals surface area (Å²) in [6.45, 7) is 5.33. The molecule has 20 heavy (non-hydrogen) atoms. The van der Waals surface area contributed by atoms with Crippen LogP contribution in [0.25, 0.3) is 0 Å². The highest BCUT2D eigenvalue weighted by Gasteiger charge is 2.26. The molecule has 1 saturated carbocycles. The van der Waals surface area contributed by atoms with Crippen LogP contribution in [0.1, 0.15) is 45.1 Å². The van der Waals surface area contributed by atoms with E-state index in [4.69, 9.17) is 0 Å². The minimum atomic E-state index is -0.764. The van der Waals surface area contributed by atoms with Crippen molar-refractivity contribution in [2.45, 2.75) is 52.0 Å². The van der Waals surface area contributed by atoms with Crippen LogP contribution in [-0.2, 0) is 6.42 Å². The fourth-order valence-corrected chi connectivity index (χ4v) is 3.43. The highest BCUT2D eigenvalue weighted by atomic mass is 19.2. The lowest BCUT2D eigenvalue weighted by atomic mass is 9.77. The zero-order valence-electron chi connectivity index (χ0n) is 12.5. The van der Waals surface area contributed by atoms with E-state index in [0.29, 0.717) is 12.0 Å². The first-order valence-corrected chi connectivity index (χ1v) is 7.77. The topological polar surface area (TPSA) is 12.0 Å². The molecule has 0 bridgehead atoms. The second-order valence-electron chi connectivity index (χ2n) is 6.15. The standard InChI is InChI=1S/C17H25F2N/c1-3-20-17(14-6-4-5-12(2)9-14)11-13-7-8-15(18)16(19)10-13/h7-8,10,12,14,17,20H,3-6,9,11H2,1-2H3. The zero-order chi connectivity index (χ0) is 14.5. The molecule has 3 atom stereocenters. The van der Waals surface area contributed by atoms with E-state index >= 15 is 0 Å². The Balaban J connectivity index is 2.06. The van der Waals surface area contributed by atoms with Crippen LogP contribution in [0.5, 0.6) is 0 Å². The van der Waals surface area contributed by atoms with E-state index in [1.54, 1.807) is 6.07 Å². The molecule has 0 aliphatic heterocycles. The molecule has 2 rings (SSSR count). The third-order valence-electron chi connectivity index (χ3n) is 4.45. The first-order valence-electron chi connectivity index (χ1n) is 7.77. The predicted molar refractivity (Wildman–Crippen MR) is 78.6 cm³/mol. The zero-order valence-corrected chi connectivity index (χ0v) is 12.5. The molecule has 1 fully saturated rings. The summed E-state index contributed by atoms with van der Waals surface area (Å²) in [6, 6.07) is 4.64. The largest absolute Gasteiger partial charge is 0.314 e. The van der Waals surface area contributed by atoms with Gasteiger partial charge in [0.25, 0.3) is 0 Å². The molecule has 0 saturated heterocycles. The van der Waals surface area contributed by atoms with Gasteiger partial charge in [0.15, 0.2) is 11.6 Å². The van der Waals surface area contributed by atoms with Gasteiger partial charge in [0.2, 0.25) is 0 Å². The van der Waals surface area contributed by atoms with Gasteiger partial charge in [-0.2, -0.15) is 0 Å². The summed E-state index contributed by atoms with van der Waals surface area (Å²) in [5.41, 5.74) is 0.882. The van der Waals surface area contributed by atoms with Crippen molar-refractivity contribution < 1.29 is 8.78 Å². The lowest BCUT2D eigenvalue weighted by molar-refractivity contribution is 0.222. The molecular formula is C17H25F2N. The Morgan fingerprint density at radius 2 is 2.05 bits per heavy atom. The molecule has 1 aliphatic carbocycles. The average Bonchev–Trinajstić information content (AvgIpc) is 2.42. The average molecular weight is 281 g/mol. The lowest BCUT2D eigenvalue weighted by Gasteiger charge is -2.34. The van der Waals surface area contributed by atoms with E-state index < -0.39 is 11.6 Å². The maximum absolute atomic E-state index is 13.3. The van der Waals surface area contributed by atoms with Crippen LogP contribution in [-0.4, -0.2) is 12.6 Å². The molecule has 1 aromatic rings. The molecule has 3 heteroatoms. The molecular weight excluding hydrogens is 256 g/mol. The second kappa shape index (κ2) is 7.16. The minimum Gasteiger partial charge on any atom is -0.314 e. The maximum atomic E-state index is 13.3. The van der Waals surface area contributed by atoms with E-state index in [1.807, 2.05) is 0 Å². The summed E-state index contributed by atoms with van der Waals surface area (Å²) in [7, 11) is 0. The van der Waals surface area contributed by atoms with Gasteiger partial charge in [-0.15, -0.1) is 0 Å². The van der Waals surface area contributed by atoms with Crippen LogP contribution in [0.2, 0.25) is 0 Å². The van der Waals surface area contributed by atoms with Crippen molar-refractivity contribution in [3.05, 3.63) is 35.4 Å². The number of rotatable bonds is 5. The predicted octanol–water partition coefficient (Wildman–Crippen LogP) is 4.31. The highest BCUT2D eigenvalue weighted by Crippen LogP contribution is 2.32. The fourth-order valence-electron chi connectivity index (χ4n) is 3.43. The fraction of sp³-hybridized carbons (Fsp3) is 0.647. The van der Waals surface area contributed by atoms with Gasteiger partial charge in [-0.25, -0.2) is 8.78 Å². The molecule has 0 radical (unpaired) electrons. The van der Waals surface area contributed by atoms with Gasteiger partial charge in [-0.05, 0) is 55.3 Å². The van der Waals surface area contributed by atoms with Crippen molar-refractivity contribution in [2.75, 3.05) is 6.54 Å². The Labute approximate surface area is 120 Å². The second-order valence-corrected chi connectivity index (χ2v) is 6.15. The SMILES string of the molecule is CCNC(Cc1ccc(F)c(F)c1)C1CCCC(C)C1. The quantitative estimate of drug-likeness (QED) is 0.848. The van der Waals surface area contributed by atoms with Crippen LogP contribution < -0.4 is 5.32 Å². The van der Waals surface area contributed by atoms with Crippen LogP contribution >= 0.6 is 0 Å². The molecule has 0 spiro atoms. The van der Waals surface area contributed by atoms with E-state index in [0.717, 1.165) is 24.4 Å². The van der Waals surface area contributed by atoms with Crippen LogP contribution in [0.15, 0.2) is 18.2 Å². The summed E-state index contributed by atoms with van der Waals surface area (Å²) in [5, 5.41) is 3.54. The number of likely N-dealkylation sites (N-methyl/N-ethyl adjacent to an activating group) is 1. The molecule has 0 amide bonds. The molecule has 1 aromatic carbocycles. The molecule has 1 aliphatic rings. The number of benzene rings is 1. The lowest BCUT2D eigenvalue weighted by Crippen LogP contribution is -2.40. The van der Waals surface area contributed by atoms with Crippen molar-refractivity contribution in [1.82, 2.24) is 5.32 Å². The van der Waals surface area contributed by atoms with Crippen LogP contribution in [0, 0.1) is 23.5 Å². The molecule has 0 heterocycles. The van der Waals surface area contributed by atoms with Gasteiger partial charge < -0.3 is 5.32 Å². The van der Waals surface area contributed by atoms with Crippen molar-refractivity contribution in [1.29, 1.82) is 0 Å². The smallest absolute Gasteiger partial charge is 0.159 e. The van der Waals surface area contributed by atoms with Gasteiger partial charge in [0.05, 0.1) is 0 Å². The molecule has 112 valence electrons. The molecule has 1 N–H and O–H groups in total. The van der Waals surface area contributed by atoms with E-state index in [-0.39, 0.29) is 0 Å². The first kappa shape index (κ1) is 15.4. The monoisotopic (exact) mass is 281 g/mol. The Morgan fingerprint density at radius 1 is 1.25 bits per heavy atom. The normalized spacial score (nSPS) is 24.6. The van der Waals surface area contributed by atoms with Crippen LogP contribution in [0.3, 0.4) is 0 Å². The van der Waals surface area contributed by atoms with Gasteiger partial charge in [-0.1, -0.05) is 32.8 Å². The maximum Gasteiger partial charge on any atom is 0.159 e. The van der Waals surface area contributed by atoms with Gasteiger partial charge in [0.1, 0.15) is 0 Å². The summed E-state index contributed by atoms with van der Waals surface area (Å²) in [6.07, 6.45) is 5.86. The van der Waals surface area contributed by atoms with Crippen molar-refractivity contribution in [3.63, 3.8) is 0 Å². The van der Waals surface area contributed by atoms with Gasteiger partial charge >= 0.3 is 0 Å². The third kappa shape index (κ3) is 4.02. The highest BCUT2D eigenvalue weighted by molar-refractivity contribution is 5.19. The van der Waals surface area contributed by atoms with E-state index in [9.17, 15) is 8.78 Å². The third-order valence-corrected chi connectivity index (χ3v) is 4.45. The minimum absolute atomic E-state index is 0.368. The molecule has 1 nitrogen and oxygen atoms in total.